The van der Waals surface area contributed by atoms with Gasteiger partial charge in [0.1, 0.15) is 11.1 Å². The number of carbonyl (C=O) groups is 2. The number of thioether (sulfide) groups is 1. The van der Waals surface area contributed by atoms with Crippen LogP contribution in [-0.4, -0.2) is 35.3 Å². The van der Waals surface area contributed by atoms with Crippen LogP contribution >= 0.6 is 11.8 Å². The van der Waals surface area contributed by atoms with Gasteiger partial charge in [-0.3, -0.25) is 4.79 Å². The maximum absolute atomic E-state index is 11.8. The Morgan fingerprint density at radius 3 is 2.73 bits per heavy atom. The quantitative estimate of drug-likeness (QED) is 0.637. The van der Waals surface area contributed by atoms with Gasteiger partial charge >= 0.3 is 5.97 Å². The lowest BCUT2D eigenvalue weighted by Crippen LogP contribution is -2.30. The first-order valence-electron chi connectivity index (χ1n) is 6.97. The Kier molecular flexibility index (Phi) is 6.86. The highest BCUT2D eigenvalue weighted by Crippen LogP contribution is 2.27. The zero-order valence-corrected chi connectivity index (χ0v) is 13.9. The van der Waals surface area contributed by atoms with Crippen LogP contribution in [-0.2, 0) is 9.53 Å². The summed E-state index contributed by atoms with van der Waals surface area (Å²) in [6.07, 6.45) is 0. The number of pyridine rings is 1. The van der Waals surface area contributed by atoms with E-state index in [-0.39, 0.29) is 28.9 Å². The molecule has 0 aliphatic rings. The number of hydrogen-bond donors (Lipinski definition) is 1. The maximum atomic E-state index is 11.8. The molecule has 1 atom stereocenters. The summed E-state index contributed by atoms with van der Waals surface area (Å²) in [7, 11) is 0. The Hall–Kier alpha value is -2.07. The second kappa shape index (κ2) is 8.39. The number of aryl methyl sites for hydroxylation is 1. The monoisotopic (exact) mass is 321 g/mol. The second-order valence-corrected chi connectivity index (χ2v) is 5.79. The Balaban J connectivity index is 3.07. The zero-order valence-electron chi connectivity index (χ0n) is 13.1. The van der Waals surface area contributed by atoms with Crippen LogP contribution in [0.4, 0.5) is 0 Å². The van der Waals surface area contributed by atoms with Crippen molar-refractivity contribution in [1.82, 2.24) is 10.3 Å². The van der Waals surface area contributed by atoms with Crippen LogP contribution in [0.25, 0.3) is 0 Å². The van der Waals surface area contributed by atoms with E-state index in [0.717, 1.165) is 0 Å². The number of aromatic nitrogens is 1. The minimum atomic E-state index is -0.502. The topological polar surface area (TPSA) is 92.1 Å². The molecule has 1 aromatic heterocycles. The molecule has 1 heterocycles. The molecule has 0 fully saturated rings. The molecule has 0 saturated carbocycles. The Morgan fingerprint density at radius 2 is 2.18 bits per heavy atom. The molecule has 1 N–H and O–H groups in total. The number of hydrogen-bond acceptors (Lipinski definition) is 6. The van der Waals surface area contributed by atoms with E-state index in [9.17, 15) is 14.9 Å². The largest absolute Gasteiger partial charge is 0.462 e. The molecule has 7 heteroatoms. The number of rotatable bonds is 6. The van der Waals surface area contributed by atoms with Crippen molar-refractivity contribution in [3.05, 3.63) is 22.9 Å². The maximum Gasteiger partial charge on any atom is 0.340 e. The summed E-state index contributed by atoms with van der Waals surface area (Å²) in [5, 5.41) is 12.0. The molecule has 0 radical (unpaired) electrons. The van der Waals surface area contributed by atoms with Gasteiger partial charge in [-0.1, -0.05) is 11.8 Å². The van der Waals surface area contributed by atoms with Gasteiger partial charge in [0.05, 0.1) is 28.7 Å². The van der Waals surface area contributed by atoms with Gasteiger partial charge in [-0.15, -0.1) is 0 Å². The summed E-state index contributed by atoms with van der Waals surface area (Å²) in [5.41, 5.74) is 1.01. The van der Waals surface area contributed by atoms with E-state index in [1.165, 1.54) is 17.8 Å². The molecule has 118 valence electrons. The highest BCUT2D eigenvalue weighted by atomic mass is 32.2. The van der Waals surface area contributed by atoms with Crippen molar-refractivity contribution in [2.75, 3.05) is 13.2 Å². The number of nitrogens with one attached hydrogen (secondary N) is 1. The van der Waals surface area contributed by atoms with Gasteiger partial charge in [-0.05, 0) is 33.8 Å². The van der Waals surface area contributed by atoms with E-state index in [1.807, 2.05) is 13.0 Å². The highest BCUT2D eigenvalue weighted by Gasteiger charge is 2.20. The highest BCUT2D eigenvalue weighted by molar-refractivity contribution is 8.00. The van der Waals surface area contributed by atoms with Gasteiger partial charge in [-0.2, -0.15) is 5.26 Å². The first kappa shape index (κ1) is 18.0. The third-order valence-corrected chi connectivity index (χ3v) is 3.90. The first-order chi connectivity index (χ1) is 10.4. The summed E-state index contributed by atoms with van der Waals surface area (Å²) in [5.74, 6) is -0.623. The first-order valence-corrected chi connectivity index (χ1v) is 7.85. The summed E-state index contributed by atoms with van der Waals surface area (Å²) >= 11 is 1.19. The molecule has 1 aromatic rings. The van der Waals surface area contributed by atoms with Crippen LogP contribution in [0, 0.1) is 18.3 Å². The van der Waals surface area contributed by atoms with Crippen LogP contribution in [0.3, 0.4) is 0 Å². The minimum Gasteiger partial charge on any atom is -0.462 e. The molecule has 0 spiro atoms. The van der Waals surface area contributed by atoms with Gasteiger partial charge < -0.3 is 10.1 Å². The molecule has 0 aromatic carbocycles. The van der Waals surface area contributed by atoms with Gasteiger partial charge in [-0.25, -0.2) is 9.78 Å². The number of nitriles is 1. The Bertz CT molecular complexity index is 611. The average Bonchev–Trinajstić information content (AvgIpc) is 2.47. The van der Waals surface area contributed by atoms with Crippen LogP contribution in [0.1, 0.15) is 42.4 Å². The minimum absolute atomic E-state index is 0.120. The lowest BCUT2D eigenvalue weighted by atomic mass is 10.1. The fourth-order valence-electron chi connectivity index (χ4n) is 1.71. The van der Waals surface area contributed by atoms with Gasteiger partial charge in [0.25, 0.3) is 0 Å². The van der Waals surface area contributed by atoms with Crippen molar-refractivity contribution in [2.24, 2.45) is 0 Å². The average molecular weight is 321 g/mol. The summed E-state index contributed by atoms with van der Waals surface area (Å²) < 4.78 is 4.94. The van der Waals surface area contributed by atoms with Crippen molar-refractivity contribution >= 4 is 23.6 Å². The van der Waals surface area contributed by atoms with E-state index < -0.39 is 5.97 Å². The smallest absolute Gasteiger partial charge is 0.340 e. The van der Waals surface area contributed by atoms with Gasteiger partial charge in [0.2, 0.25) is 5.91 Å². The van der Waals surface area contributed by atoms with Crippen molar-refractivity contribution < 1.29 is 14.3 Å². The molecule has 1 amide bonds. The molecule has 0 unspecified atom stereocenters. The summed E-state index contributed by atoms with van der Waals surface area (Å²) in [6, 6.07) is 3.48. The predicted octanol–water partition coefficient (Wildman–Crippen LogP) is 2.06. The summed E-state index contributed by atoms with van der Waals surface area (Å²) in [6.45, 7) is 7.77. The van der Waals surface area contributed by atoms with Crippen molar-refractivity contribution in [2.45, 2.75) is 38.0 Å². The van der Waals surface area contributed by atoms with Crippen molar-refractivity contribution in [3.8, 4) is 6.07 Å². The lowest BCUT2D eigenvalue weighted by molar-refractivity contribution is -0.120. The van der Waals surface area contributed by atoms with E-state index in [1.54, 1.807) is 20.8 Å². The van der Waals surface area contributed by atoms with E-state index >= 15 is 0 Å². The molecule has 22 heavy (non-hydrogen) atoms. The number of carbonyl (C=O) groups excluding carboxylic acids is 2. The lowest BCUT2D eigenvalue weighted by Gasteiger charge is -2.13. The SMILES string of the molecule is CCNC(=O)[C@@H](C)Sc1nc(C)c(C(=O)OCC)cc1C#N. The molecule has 6 nitrogen and oxygen atoms in total. The standard InChI is InChI=1S/C15H19N3O3S/c1-5-17-13(19)10(4)22-14-11(8-16)7-12(9(3)18-14)15(20)21-6-2/h7,10H,5-6H2,1-4H3,(H,17,19)/t10-/m1/s1. The third-order valence-electron chi connectivity index (χ3n) is 2.80. The Labute approximate surface area is 134 Å². The molecule has 1 rings (SSSR count). The van der Waals surface area contributed by atoms with Gasteiger partial charge in [0.15, 0.2) is 0 Å². The van der Waals surface area contributed by atoms with Crippen molar-refractivity contribution in [1.29, 1.82) is 5.26 Å². The van der Waals surface area contributed by atoms with E-state index in [2.05, 4.69) is 10.3 Å². The summed E-state index contributed by atoms with van der Waals surface area (Å²) in [4.78, 5) is 27.9. The zero-order chi connectivity index (χ0) is 16.7. The van der Waals surface area contributed by atoms with Gasteiger partial charge in [0, 0.05) is 6.54 Å². The fourth-order valence-corrected chi connectivity index (χ4v) is 2.65. The normalized spacial score (nSPS) is 11.4. The van der Waals surface area contributed by atoms with Crippen molar-refractivity contribution in [3.63, 3.8) is 0 Å². The molecule has 0 saturated heterocycles. The van der Waals surface area contributed by atoms with E-state index in [0.29, 0.717) is 17.3 Å². The number of ether oxygens (including phenoxy) is 1. The fraction of sp³-hybridized carbons (Fsp3) is 0.467. The molecular formula is C15H19N3O3S. The second-order valence-electron chi connectivity index (χ2n) is 4.46. The molecule has 0 aliphatic heterocycles. The molecule has 0 aliphatic carbocycles. The van der Waals surface area contributed by atoms with Crippen LogP contribution < -0.4 is 5.32 Å². The molecular weight excluding hydrogens is 302 g/mol. The predicted molar refractivity (Wildman–Crippen MR) is 83.6 cm³/mol. The number of amides is 1. The Morgan fingerprint density at radius 1 is 1.50 bits per heavy atom. The van der Waals surface area contributed by atoms with Crippen LogP contribution in [0.5, 0.6) is 0 Å². The molecule has 0 bridgehead atoms. The van der Waals surface area contributed by atoms with Crippen LogP contribution in [0.2, 0.25) is 0 Å². The third kappa shape index (κ3) is 4.46. The number of nitrogens with zero attached hydrogens (tertiary/aromatic N) is 2. The van der Waals surface area contributed by atoms with E-state index in [4.69, 9.17) is 4.74 Å². The number of esters is 1. The van der Waals surface area contributed by atoms with Crippen LogP contribution in [0.15, 0.2) is 11.1 Å².